The van der Waals surface area contributed by atoms with E-state index in [1.54, 1.807) is 54.6 Å². The molecular weight excluding hydrogens is 562 g/mol. The number of phenols is 1. The van der Waals surface area contributed by atoms with Gasteiger partial charge in [0.15, 0.2) is 0 Å². The largest absolute Gasteiger partial charge is 0.508 e. The second-order valence-corrected chi connectivity index (χ2v) is 11.3. The van der Waals surface area contributed by atoms with Gasteiger partial charge in [-0.05, 0) is 92.6 Å². The van der Waals surface area contributed by atoms with Crippen LogP contribution in [0.25, 0.3) is 6.08 Å². The third kappa shape index (κ3) is 8.73. The van der Waals surface area contributed by atoms with Gasteiger partial charge in [0, 0.05) is 33.5 Å². The lowest BCUT2D eigenvalue weighted by Gasteiger charge is -2.15. The minimum atomic E-state index is -0.567. The molecule has 8 nitrogen and oxygen atoms in total. The zero-order valence-electron chi connectivity index (χ0n) is 24.3. The Balaban J connectivity index is 1.52. The molecule has 4 rings (SSSR count). The Morgan fingerprint density at radius 1 is 0.837 bits per heavy atom. The van der Waals surface area contributed by atoms with Gasteiger partial charge in [-0.3, -0.25) is 14.4 Å². The van der Waals surface area contributed by atoms with Crippen LogP contribution in [0.1, 0.15) is 34.0 Å². The minimum absolute atomic E-state index is 0.000422. The average Bonchev–Trinajstić information content (AvgIpc) is 2.97. The maximum atomic E-state index is 13.5. The van der Waals surface area contributed by atoms with E-state index < -0.39 is 17.1 Å². The summed E-state index contributed by atoms with van der Waals surface area (Å²) in [5, 5.41) is 17.9. The number of carbonyl (C=O) groups is 3. The molecule has 0 spiro atoms. The number of nitrogens with one attached hydrogen (secondary N) is 3. The van der Waals surface area contributed by atoms with E-state index in [1.807, 2.05) is 45.0 Å². The van der Waals surface area contributed by atoms with Crippen molar-refractivity contribution in [1.29, 1.82) is 0 Å². The van der Waals surface area contributed by atoms with E-state index >= 15 is 0 Å². The lowest BCUT2D eigenvalue weighted by atomic mass is 10.1. The van der Waals surface area contributed by atoms with Gasteiger partial charge in [0.2, 0.25) is 5.91 Å². The SMILES string of the molecule is COc1cc(O)ccc1/C=C(/NC(=O)c1ccccc1)C(=O)Nc1cccc(SC(C)C(=O)Nc2cc(C)cc(C)c2)c1. The Labute approximate surface area is 255 Å². The molecule has 3 amide bonds. The minimum Gasteiger partial charge on any atom is -0.508 e. The number of hydrogen-bond acceptors (Lipinski definition) is 6. The zero-order valence-corrected chi connectivity index (χ0v) is 25.1. The van der Waals surface area contributed by atoms with Crippen LogP contribution in [0.15, 0.2) is 102 Å². The average molecular weight is 596 g/mol. The number of rotatable bonds is 10. The van der Waals surface area contributed by atoms with Crippen LogP contribution in [0.2, 0.25) is 0 Å². The van der Waals surface area contributed by atoms with Crippen molar-refractivity contribution in [2.24, 2.45) is 0 Å². The highest BCUT2D eigenvalue weighted by molar-refractivity contribution is 8.00. The number of benzene rings is 4. The van der Waals surface area contributed by atoms with Crippen LogP contribution in [0.4, 0.5) is 11.4 Å². The van der Waals surface area contributed by atoms with Crippen LogP contribution in [0.5, 0.6) is 11.5 Å². The fourth-order valence-electron chi connectivity index (χ4n) is 4.31. The van der Waals surface area contributed by atoms with Crippen molar-refractivity contribution in [3.63, 3.8) is 0 Å². The molecule has 0 heterocycles. The maximum absolute atomic E-state index is 13.5. The summed E-state index contributed by atoms with van der Waals surface area (Å²) in [4.78, 5) is 40.1. The quantitative estimate of drug-likeness (QED) is 0.122. The Kier molecular flexibility index (Phi) is 10.2. The molecule has 0 aliphatic heterocycles. The summed E-state index contributed by atoms with van der Waals surface area (Å²) in [7, 11) is 1.45. The molecule has 0 bridgehead atoms. The van der Waals surface area contributed by atoms with Gasteiger partial charge < -0.3 is 25.8 Å². The molecule has 1 unspecified atom stereocenters. The number of amides is 3. The molecule has 4 aromatic rings. The molecule has 0 saturated heterocycles. The predicted octanol–water partition coefficient (Wildman–Crippen LogP) is 6.55. The number of anilines is 2. The number of methoxy groups -OCH3 is 1. The number of thioether (sulfide) groups is 1. The summed E-state index contributed by atoms with van der Waals surface area (Å²) in [5.74, 6) is -0.846. The molecule has 0 aromatic heterocycles. The Morgan fingerprint density at radius 3 is 2.26 bits per heavy atom. The van der Waals surface area contributed by atoms with E-state index in [-0.39, 0.29) is 17.4 Å². The fourth-order valence-corrected chi connectivity index (χ4v) is 5.24. The molecule has 220 valence electrons. The van der Waals surface area contributed by atoms with E-state index in [1.165, 1.54) is 37.1 Å². The summed E-state index contributed by atoms with van der Waals surface area (Å²) in [5.41, 5.74) is 4.19. The van der Waals surface area contributed by atoms with Crippen LogP contribution in [-0.4, -0.2) is 35.2 Å². The van der Waals surface area contributed by atoms with E-state index in [0.29, 0.717) is 22.6 Å². The number of aryl methyl sites for hydroxylation is 2. The Bertz CT molecular complexity index is 1650. The number of phenolic OH excluding ortho intramolecular Hbond substituents is 1. The topological polar surface area (TPSA) is 117 Å². The van der Waals surface area contributed by atoms with Crippen molar-refractivity contribution in [2.75, 3.05) is 17.7 Å². The monoisotopic (exact) mass is 595 g/mol. The first-order valence-electron chi connectivity index (χ1n) is 13.5. The molecule has 43 heavy (non-hydrogen) atoms. The molecule has 4 aromatic carbocycles. The molecule has 0 radical (unpaired) electrons. The third-order valence-electron chi connectivity index (χ3n) is 6.31. The van der Waals surface area contributed by atoms with Crippen molar-refractivity contribution in [3.8, 4) is 11.5 Å². The van der Waals surface area contributed by atoms with Crippen LogP contribution < -0.4 is 20.7 Å². The van der Waals surface area contributed by atoms with Crippen molar-refractivity contribution >= 4 is 46.9 Å². The molecule has 0 saturated carbocycles. The third-order valence-corrected chi connectivity index (χ3v) is 7.40. The lowest BCUT2D eigenvalue weighted by molar-refractivity contribution is -0.115. The van der Waals surface area contributed by atoms with Crippen LogP contribution in [-0.2, 0) is 9.59 Å². The van der Waals surface area contributed by atoms with E-state index in [2.05, 4.69) is 16.0 Å². The number of hydrogen-bond donors (Lipinski definition) is 4. The summed E-state index contributed by atoms with van der Waals surface area (Å²) >= 11 is 1.36. The second-order valence-electron chi connectivity index (χ2n) is 9.91. The number of ether oxygens (including phenoxy) is 1. The summed E-state index contributed by atoms with van der Waals surface area (Å²) in [6, 6.07) is 26.0. The lowest BCUT2D eigenvalue weighted by Crippen LogP contribution is -2.30. The number of carbonyl (C=O) groups excluding carboxylic acids is 3. The van der Waals surface area contributed by atoms with E-state index in [9.17, 15) is 19.5 Å². The van der Waals surface area contributed by atoms with Crippen LogP contribution in [0, 0.1) is 13.8 Å². The van der Waals surface area contributed by atoms with Crippen molar-refractivity contribution in [2.45, 2.75) is 30.9 Å². The summed E-state index contributed by atoms with van der Waals surface area (Å²) in [6.07, 6.45) is 1.48. The Hall–Kier alpha value is -5.02. The first-order valence-corrected chi connectivity index (χ1v) is 14.4. The van der Waals surface area contributed by atoms with Crippen molar-refractivity contribution < 1.29 is 24.2 Å². The molecule has 0 fully saturated rings. The molecule has 0 aliphatic rings. The zero-order chi connectivity index (χ0) is 30.9. The van der Waals surface area contributed by atoms with E-state index in [0.717, 1.165) is 21.7 Å². The molecule has 9 heteroatoms. The van der Waals surface area contributed by atoms with Gasteiger partial charge in [-0.2, -0.15) is 0 Å². The molecular formula is C34H33N3O5S. The van der Waals surface area contributed by atoms with Gasteiger partial charge in [0.1, 0.15) is 17.2 Å². The molecule has 1 atom stereocenters. The summed E-state index contributed by atoms with van der Waals surface area (Å²) in [6.45, 7) is 5.78. The van der Waals surface area contributed by atoms with Gasteiger partial charge in [-0.25, -0.2) is 0 Å². The van der Waals surface area contributed by atoms with Gasteiger partial charge in [-0.15, -0.1) is 11.8 Å². The first kappa shape index (κ1) is 30.9. The first-order chi connectivity index (χ1) is 20.6. The molecule has 0 aliphatic carbocycles. The number of aromatic hydroxyl groups is 1. The van der Waals surface area contributed by atoms with Crippen molar-refractivity contribution in [3.05, 3.63) is 119 Å². The highest BCUT2D eigenvalue weighted by atomic mass is 32.2. The highest BCUT2D eigenvalue weighted by Crippen LogP contribution is 2.28. The predicted molar refractivity (Wildman–Crippen MR) is 171 cm³/mol. The van der Waals surface area contributed by atoms with Gasteiger partial charge in [0.25, 0.3) is 11.8 Å². The molecule has 4 N–H and O–H groups in total. The van der Waals surface area contributed by atoms with E-state index in [4.69, 9.17) is 4.74 Å². The standard InChI is InChI=1S/C34H33N3O5S/c1-21-15-22(2)17-27(16-21)36-32(39)23(3)43-29-12-8-11-26(19-29)35-34(41)30(37-33(40)24-9-6-5-7-10-24)18-25-13-14-28(38)20-31(25)42-4/h5-20,23,38H,1-4H3,(H,35,41)(H,36,39)(H,37,40)/b30-18+. The van der Waals surface area contributed by atoms with Gasteiger partial charge in [0.05, 0.1) is 12.4 Å². The van der Waals surface area contributed by atoms with Crippen LogP contribution in [0.3, 0.4) is 0 Å². The smallest absolute Gasteiger partial charge is 0.272 e. The Morgan fingerprint density at radius 2 is 1.56 bits per heavy atom. The fraction of sp³-hybridized carbons (Fsp3) is 0.147. The van der Waals surface area contributed by atoms with Gasteiger partial charge >= 0.3 is 0 Å². The normalized spacial score (nSPS) is 11.8. The summed E-state index contributed by atoms with van der Waals surface area (Å²) < 4.78 is 5.35. The second kappa shape index (κ2) is 14.2. The highest BCUT2D eigenvalue weighted by Gasteiger charge is 2.18. The maximum Gasteiger partial charge on any atom is 0.272 e. The van der Waals surface area contributed by atoms with Crippen LogP contribution >= 0.6 is 11.8 Å². The van der Waals surface area contributed by atoms with Gasteiger partial charge in [-0.1, -0.05) is 30.3 Å². The van der Waals surface area contributed by atoms with Crippen molar-refractivity contribution in [1.82, 2.24) is 5.32 Å².